The van der Waals surface area contributed by atoms with Gasteiger partial charge in [0.05, 0.1) is 5.56 Å². The van der Waals surface area contributed by atoms with Gasteiger partial charge in [-0.2, -0.15) is 5.10 Å². The molecule has 0 radical (unpaired) electrons. The van der Waals surface area contributed by atoms with Gasteiger partial charge in [0.15, 0.2) is 5.82 Å². The minimum atomic E-state index is -0.273. The predicted octanol–water partition coefficient (Wildman–Crippen LogP) is 1.12. The average Bonchev–Trinajstić information content (AvgIpc) is 3.13. The standard InChI is InChI=1S/C17H23N5O3/c1-12-10-14(13(2)25-12)17(24)18-15-4-5-22(19-15)11-16(23)21-8-6-20(3)7-9-21/h4-5,10H,6-9,11H2,1-3H3,(H,18,19,24). The number of carbonyl (C=O) groups is 2. The molecule has 0 atom stereocenters. The molecule has 0 aromatic carbocycles. The van der Waals surface area contributed by atoms with E-state index in [9.17, 15) is 9.59 Å². The minimum absolute atomic E-state index is 0.0374. The first-order valence-electron chi connectivity index (χ1n) is 8.30. The lowest BCUT2D eigenvalue weighted by atomic mass is 10.2. The SMILES string of the molecule is Cc1cc(C(=O)Nc2ccn(CC(=O)N3CCN(C)CC3)n2)c(C)o1. The zero-order chi connectivity index (χ0) is 18.0. The van der Waals surface area contributed by atoms with Crippen molar-refractivity contribution in [2.24, 2.45) is 0 Å². The normalized spacial score (nSPS) is 15.4. The van der Waals surface area contributed by atoms with Crippen molar-refractivity contribution in [3.8, 4) is 0 Å². The highest BCUT2D eigenvalue weighted by molar-refractivity contribution is 6.04. The highest BCUT2D eigenvalue weighted by Gasteiger charge is 2.20. The fourth-order valence-electron chi connectivity index (χ4n) is 2.85. The van der Waals surface area contributed by atoms with Gasteiger partial charge in [-0.1, -0.05) is 0 Å². The molecule has 8 nitrogen and oxygen atoms in total. The summed E-state index contributed by atoms with van der Waals surface area (Å²) >= 11 is 0. The van der Waals surface area contributed by atoms with Crippen LogP contribution in [0.25, 0.3) is 0 Å². The van der Waals surface area contributed by atoms with Crippen LogP contribution < -0.4 is 5.32 Å². The average molecular weight is 345 g/mol. The third-order valence-corrected chi connectivity index (χ3v) is 4.32. The molecule has 1 aliphatic heterocycles. The van der Waals surface area contributed by atoms with E-state index in [0.717, 1.165) is 26.2 Å². The lowest BCUT2D eigenvalue weighted by molar-refractivity contribution is -0.133. The molecule has 0 bridgehead atoms. The van der Waals surface area contributed by atoms with E-state index in [1.807, 2.05) is 11.9 Å². The van der Waals surface area contributed by atoms with Gasteiger partial charge < -0.3 is 19.5 Å². The monoisotopic (exact) mass is 345 g/mol. The minimum Gasteiger partial charge on any atom is -0.466 e. The second kappa shape index (κ2) is 7.10. The number of amides is 2. The van der Waals surface area contributed by atoms with Crippen LogP contribution in [0.4, 0.5) is 5.82 Å². The van der Waals surface area contributed by atoms with Crippen molar-refractivity contribution >= 4 is 17.6 Å². The van der Waals surface area contributed by atoms with Crippen LogP contribution in [0.2, 0.25) is 0 Å². The Morgan fingerprint density at radius 1 is 1.24 bits per heavy atom. The summed E-state index contributed by atoms with van der Waals surface area (Å²) in [6.45, 7) is 6.95. The first kappa shape index (κ1) is 17.2. The number of likely N-dealkylation sites (N-methyl/N-ethyl adjacent to an activating group) is 1. The van der Waals surface area contributed by atoms with Crippen LogP contribution >= 0.6 is 0 Å². The first-order chi connectivity index (χ1) is 11.9. The maximum atomic E-state index is 12.3. The van der Waals surface area contributed by atoms with Crippen molar-refractivity contribution in [1.29, 1.82) is 0 Å². The summed E-state index contributed by atoms with van der Waals surface area (Å²) < 4.78 is 6.91. The molecule has 0 aliphatic carbocycles. The van der Waals surface area contributed by atoms with Crippen molar-refractivity contribution in [2.75, 3.05) is 38.5 Å². The summed E-state index contributed by atoms with van der Waals surface area (Å²) in [6, 6.07) is 3.37. The number of hydrogen-bond acceptors (Lipinski definition) is 5. The Hall–Kier alpha value is -2.61. The number of furan rings is 1. The van der Waals surface area contributed by atoms with E-state index >= 15 is 0 Å². The maximum absolute atomic E-state index is 12.3. The summed E-state index contributed by atoms with van der Waals surface area (Å²) in [6.07, 6.45) is 1.69. The number of aryl methyl sites for hydroxylation is 2. The molecule has 2 aromatic heterocycles. The van der Waals surface area contributed by atoms with Gasteiger partial charge in [-0.15, -0.1) is 0 Å². The van der Waals surface area contributed by atoms with Crippen LogP contribution in [0.5, 0.6) is 0 Å². The van der Waals surface area contributed by atoms with Crippen LogP contribution in [0, 0.1) is 13.8 Å². The van der Waals surface area contributed by atoms with E-state index in [0.29, 0.717) is 22.9 Å². The van der Waals surface area contributed by atoms with Crippen LogP contribution in [0.3, 0.4) is 0 Å². The summed E-state index contributed by atoms with van der Waals surface area (Å²) in [5.74, 6) is 1.43. The number of nitrogens with zero attached hydrogens (tertiary/aromatic N) is 4. The Balaban J connectivity index is 1.58. The smallest absolute Gasteiger partial charge is 0.260 e. The fraction of sp³-hybridized carbons (Fsp3) is 0.471. The van der Waals surface area contributed by atoms with E-state index in [-0.39, 0.29) is 18.4 Å². The molecule has 1 aliphatic rings. The Bertz CT molecular complexity index is 771. The molecule has 2 aromatic rings. The largest absolute Gasteiger partial charge is 0.466 e. The summed E-state index contributed by atoms with van der Waals surface area (Å²) in [5, 5.41) is 6.99. The second-order valence-corrected chi connectivity index (χ2v) is 6.36. The Morgan fingerprint density at radius 2 is 1.96 bits per heavy atom. The molecular weight excluding hydrogens is 322 g/mol. The molecule has 0 spiro atoms. The van der Waals surface area contributed by atoms with E-state index in [1.165, 1.54) is 0 Å². The number of nitrogens with one attached hydrogen (secondary N) is 1. The molecule has 1 N–H and O–H groups in total. The quantitative estimate of drug-likeness (QED) is 0.898. The fourth-order valence-corrected chi connectivity index (χ4v) is 2.85. The van der Waals surface area contributed by atoms with Crippen molar-refractivity contribution < 1.29 is 14.0 Å². The van der Waals surface area contributed by atoms with Gasteiger partial charge in [0, 0.05) is 38.4 Å². The molecule has 3 heterocycles. The third kappa shape index (κ3) is 4.08. The molecule has 1 saturated heterocycles. The molecular formula is C17H23N5O3. The van der Waals surface area contributed by atoms with Crippen molar-refractivity contribution in [1.82, 2.24) is 19.6 Å². The van der Waals surface area contributed by atoms with Gasteiger partial charge >= 0.3 is 0 Å². The van der Waals surface area contributed by atoms with E-state index in [2.05, 4.69) is 15.3 Å². The van der Waals surface area contributed by atoms with E-state index < -0.39 is 0 Å². The van der Waals surface area contributed by atoms with Crippen molar-refractivity contribution in [3.05, 3.63) is 35.4 Å². The number of hydrogen-bond donors (Lipinski definition) is 1. The van der Waals surface area contributed by atoms with E-state index in [1.54, 1.807) is 36.9 Å². The number of rotatable bonds is 4. The molecule has 8 heteroatoms. The van der Waals surface area contributed by atoms with Crippen LogP contribution in [-0.4, -0.2) is 64.6 Å². The van der Waals surface area contributed by atoms with Gasteiger partial charge in [0.25, 0.3) is 5.91 Å². The number of piperazine rings is 1. The predicted molar refractivity (Wildman–Crippen MR) is 92.4 cm³/mol. The molecule has 1 fully saturated rings. The van der Waals surface area contributed by atoms with Crippen LogP contribution in [0.15, 0.2) is 22.7 Å². The van der Waals surface area contributed by atoms with Crippen LogP contribution in [-0.2, 0) is 11.3 Å². The molecule has 0 unspecified atom stereocenters. The first-order valence-corrected chi connectivity index (χ1v) is 8.30. The Kier molecular flexibility index (Phi) is 4.89. The molecule has 25 heavy (non-hydrogen) atoms. The topological polar surface area (TPSA) is 83.6 Å². The highest BCUT2D eigenvalue weighted by Crippen LogP contribution is 2.15. The highest BCUT2D eigenvalue weighted by atomic mass is 16.3. The van der Waals surface area contributed by atoms with E-state index in [4.69, 9.17) is 4.42 Å². The third-order valence-electron chi connectivity index (χ3n) is 4.32. The lowest BCUT2D eigenvalue weighted by Crippen LogP contribution is -2.48. The van der Waals surface area contributed by atoms with Gasteiger partial charge in [-0.05, 0) is 27.0 Å². The number of anilines is 1. The van der Waals surface area contributed by atoms with Gasteiger partial charge in [-0.25, -0.2) is 0 Å². The zero-order valence-corrected chi connectivity index (χ0v) is 14.8. The Morgan fingerprint density at radius 3 is 2.60 bits per heavy atom. The summed E-state index contributed by atoms with van der Waals surface area (Å²) in [4.78, 5) is 28.6. The van der Waals surface area contributed by atoms with Crippen molar-refractivity contribution in [3.63, 3.8) is 0 Å². The Labute approximate surface area is 146 Å². The van der Waals surface area contributed by atoms with Gasteiger partial charge in [0.2, 0.25) is 5.91 Å². The summed E-state index contributed by atoms with van der Waals surface area (Å²) in [5.41, 5.74) is 0.487. The lowest BCUT2D eigenvalue weighted by Gasteiger charge is -2.32. The maximum Gasteiger partial charge on any atom is 0.260 e. The van der Waals surface area contributed by atoms with Gasteiger partial charge in [0.1, 0.15) is 18.1 Å². The molecule has 3 rings (SSSR count). The molecule has 134 valence electrons. The molecule has 2 amide bonds. The van der Waals surface area contributed by atoms with Gasteiger partial charge in [-0.3, -0.25) is 14.3 Å². The number of carbonyl (C=O) groups excluding carboxylic acids is 2. The number of aromatic nitrogens is 2. The summed E-state index contributed by atoms with van der Waals surface area (Å²) in [7, 11) is 2.05. The van der Waals surface area contributed by atoms with Crippen LogP contribution in [0.1, 0.15) is 21.9 Å². The van der Waals surface area contributed by atoms with Crippen molar-refractivity contribution in [2.45, 2.75) is 20.4 Å². The zero-order valence-electron chi connectivity index (χ0n) is 14.8. The second-order valence-electron chi connectivity index (χ2n) is 6.36. The molecule has 0 saturated carbocycles.